The lowest BCUT2D eigenvalue weighted by Gasteiger charge is -2.07. The van der Waals surface area contributed by atoms with Crippen molar-refractivity contribution in [3.8, 4) is 0 Å². The van der Waals surface area contributed by atoms with Gasteiger partial charge in [0.25, 0.3) is 5.69 Å². The molecule has 0 fully saturated rings. The normalized spacial score (nSPS) is 10.3. The fourth-order valence-corrected chi connectivity index (χ4v) is 1.91. The van der Waals surface area contributed by atoms with E-state index >= 15 is 0 Å². The Bertz CT molecular complexity index is 580. The number of nitro groups is 1. The Kier molecular flexibility index (Phi) is 3.66. The summed E-state index contributed by atoms with van der Waals surface area (Å²) in [6.07, 6.45) is 1.62. The first-order valence-corrected chi connectivity index (χ1v) is 6.08. The van der Waals surface area contributed by atoms with Crippen LogP contribution in [-0.2, 0) is 6.54 Å². The lowest BCUT2D eigenvalue weighted by Crippen LogP contribution is -2.01. The molecule has 0 aliphatic rings. The van der Waals surface area contributed by atoms with Gasteiger partial charge in [-0.15, -0.1) is 0 Å². The average Bonchev–Trinajstić information content (AvgIpc) is 2.73. The summed E-state index contributed by atoms with van der Waals surface area (Å²) in [6.45, 7) is 2.43. The van der Waals surface area contributed by atoms with E-state index < -0.39 is 4.92 Å². The van der Waals surface area contributed by atoms with Gasteiger partial charge in [0.2, 0.25) is 0 Å². The molecule has 0 bridgehead atoms. The van der Waals surface area contributed by atoms with Crippen LogP contribution in [0.5, 0.6) is 0 Å². The van der Waals surface area contributed by atoms with Crippen LogP contribution in [0, 0.1) is 17.0 Å². The van der Waals surface area contributed by atoms with Gasteiger partial charge < -0.3 is 9.73 Å². The second kappa shape index (κ2) is 5.22. The molecular weight excluding hydrogens is 300 g/mol. The minimum atomic E-state index is -0.421. The van der Waals surface area contributed by atoms with Crippen molar-refractivity contribution >= 4 is 27.3 Å². The van der Waals surface area contributed by atoms with E-state index in [2.05, 4.69) is 21.2 Å². The number of benzene rings is 1. The van der Waals surface area contributed by atoms with Crippen molar-refractivity contribution in [1.82, 2.24) is 0 Å². The number of hydrogen-bond donors (Lipinski definition) is 1. The van der Waals surface area contributed by atoms with E-state index in [-0.39, 0.29) is 5.69 Å². The molecule has 18 heavy (non-hydrogen) atoms. The average molecular weight is 311 g/mol. The Balaban J connectivity index is 2.16. The van der Waals surface area contributed by atoms with E-state index in [1.165, 1.54) is 12.1 Å². The maximum atomic E-state index is 10.7. The zero-order chi connectivity index (χ0) is 13.1. The Hall–Kier alpha value is -1.82. The van der Waals surface area contributed by atoms with Crippen LogP contribution in [0.4, 0.5) is 11.4 Å². The van der Waals surface area contributed by atoms with Crippen molar-refractivity contribution in [1.29, 1.82) is 0 Å². The molecule has 0 aliphatic carbocycles. The molecule has 1 N–H and O–H groups in total. The van der Waals surface area contributed by atoms with Gasteiger partial charge in [-0.1, -0.05) is 0 Å². The van der Waals surface area contributed by atoms with Crippen LogP contribution in [-0.4, -0.2) is 4.92 Å². The highest BCUT2D eigenvalue weighted by atomic mass is 79.9. The summed E-state index contributed by atoms with van der Waals surface area (Å²) in [6, 6.07) is 6.46. The van der Waals surface area contributed by atoms with Crippen LogP contribution >= 0.6 is 15.9 Å². The fraction of sp³-hybridized carbons (Fsp3) is 0.167. The van der Waals surface area contributed by atoms with Gasteiger partial charge in [-0.2, -0.15) is 0 Å². The molecule has 0 amide bonds. The summed E-state index contributed by atoms with van der Waals surface area (Å²) in [7, 11) is 0. The summed E-state index contributed by atoms with van der Waals surface area (Å²) in [5, 5.41) is 13.8. The van der Waals surface area contributed by atoms with Crippen molar-refractivity contribution in [3.05, 3.63) is 56.4 Å². The summed E-state index contributed by atoms with van der Waals surface area (Å²) in [5.74, 6) is 0.813. The van der Waals surface area contributed by atoms with Gasteiger partial charge in [0.1, 0.15) is 5.76 Å². The van der Waals surface area contributed by atoms with Crippen LogP contribution in [0.1, 0.15) is 11.3 Å². The van der Waals surface area contributed by atoms with Gasteiger partial charge in [-0.25, -0.2) is 0 Å². The molecule has 0 radical (unpaired) electrons. The molecule has 0 atom stereocenters. The number of nitro benzene ring substituents is 1. The van der Waals surface area contributed by atoms with Gasteiger partial charge in [0, 0.05) is 16.6 Å². The SMILES string of the molecule is Cc1ccoc1CNc1cc([N+](=O)[O-])ccc1Br. The minimum absolute atomic E-state index is 0.0527. The number of nitrogens with one attached hydrogen (secondary N) is 1. The van der Waals surface area contributed by atoms with Crippen molar-refractivity contribution < 1.29 is 9.34 Å². The second-order valence-electron chi connectivity index (χ2n) is 3.80. The Morgan fingerprint density at radius 1 is 1.44 bits per heavy atom. The van der Waals surface area contributed by atoms with Crippen molar-refractivity contribution in [2.75, 3.05) is 5.32 Å². The fourth-order valence-electron chi connectivity index (χ4n) is 1.52. The molecule has 0 aliphatic heterocycles. The molecule has 1 aromatic heterocycles. The molecule has 0 saturated heterocycles. The third kappa shape index (κ3) is 2.70. The Morgan fingerprint density at radius 2 is 2.22 bits per heavy atom. The Morgan fingerprint density at radius 3 is 2.83 bits per heavy atom. The van der Waals surface area contributed by atoms with E-state index in [0.29, 0.717) is 12.2 Å². The van der Waals surface area contributed by atoms with Crippen LogP contribution in [0.25, 0.3) is 0 Å². The highest BCUT2D eigenvalue weighted by molar-refractivity contribution is 9.10. The minimum Gasteiger partial charge on any atom is -0.467 e. The van der Waals surface area contributed by atoms with Gasteiger partial charge >= 0.3 is 0 Å². The van der Waals surface area contributed by atoms with Gasteiger partial charge in [0.05, 0.1) is 23.4 Å². The molecule has 0 saturated carbocycles. The van der Waals surface area contributed by atoms with Gasteiger partial charge in [-0.05, 0) is 40.5 Å². The van der Waals surface area contributed by atoms with Crippen LogP contribution in [0.2, 0.25) is 0 Å². The molecule has 1 aromatic carbocycles. The smallest absolute Gasteiger partial charge is 0.271 e. The topological polar surface area (TPSA) is 68.3 Å². The van der Waals surface area contributed by atoms with E-state index in [9.17, 15) is 10.1 Å². The number of furan rings is 1. The molecule has 2 rings (SSSR count). The van der Waals surface area contributed by atoms with Crippen LogP contribution in [0.15, 0.2) is 39.4 Å². The predicted molar refractivity (Wildman–Crippen MR) is 71.6 cm³/mol. The first-order valence-electron chi connectivity index (χ1n) is 5.28. The van der Waals surface area contributed by atoms with Gasteiger partial charge in [-0.3, -0.25) is 10.1 Å². The van der Waals surface area contributed by atoms with Crippen molar-refractivity contribution in [2.45, 2.75) is 13.5 Å². The van der Waals surface area contributed by atoms with E-state index in [1.54, 1.807) is 12.3 Å². The number of nitrogens with zero attached hydrogens (tertiary/aromatic N) is 1. The summed E-state index contributed by atoms with van der Waals surface area (Å²) in [4.78, 5) is 10.3. The number of non-ortho nitro benzene ring substituents is 1. The lowest BCUT2D eigenvalue weighted by molar-refractivity contribution is -0.384. The van der Waals surface area contributed by atoms with E-state index in [4.69, 9.17) is 4.42 Å². The molecular formula is C12H11BrN2O3. The highest BCUT2D eigenvalue weighted by Crippen LogP contribution is 2.27. The quantitative estimate of drug-likeness (QED) is 0.687. The summed E-state index contributed by atoms with van der Waals surface area (Å²) in [5.41, 5.74) is 1.76. The molecule has 0 spiro atoms. The zero-order valence-electron chi connectivity index (χ0n) is 9.64. The van der Waals surface area contributed by atoms with Crippen LogP contribution in [0.3, 0.4) is 0 Å². The van der Waals surface area contributed by atoms with Crippen LogP contribution < -0.4 is 5.32 Å². The maximum Gasteiger partial charge on any atom is 0.271 e. The molecule has 6 heteroatoms. The monoisotopic (exact) mass is 310 g/mol. The van der Waals surface area contributed by atoms with E-state index in [0.717, 1.165) is 15.8 Å². The number of halogens is 1. The highest BCUT2D eigenvalue weighted by Gasteiger charge is 2.10. The van der Waals surface area contributed by atoms with Crippen molar-refractivity contribution in [3.63, 3.8) is 0 Å². The number of hydrogen-bond acceptors (Lipinski definition) is 4. The first-order chi connectivity index (χ1) is 8.58. The van der Waals surface area contributed by atoms with E-state index in [1.807, 2.05) is 13.0 Å². The Labute approximate surface area is 112 Å². The largest absolute Gasteiger partial charge is 0.467 e. The first kappa shape index (κ1) is 12.6. The molecule has 2 aromatic rings. The maximum absolute atomic E-state index is 10.7. The van der Waals surface area contributed by atoms with Gasteiger partial charge in [0.15, 0.2) is 0 Å². The summed E-state index contributed by atoms with van der Waals surface area (Å²) >= 11 is 3.35. The number of anilines is 1. The molecule has 1 heterocycles. The third-order valence-electron chi connectivity index (χ3n) is 2.57. The third-order valence-corrected chi connectivity index (χ3v) is 3.26. The second-order valence-corrected chi connectivity index (χ2v) is 4.66. The number of aryl methyl sites for hydroxylation is 1. The number of rotatable bonds is 4. The standard InChI is InChI=1S/C12H11BrN2O3/c1-8-4-5-18-12(8)7-14-11-6-9(15(16)17)2-3-10(11)13/h2-6,14H,7H2,1H3. The molecule has 0 unspecified atom stereocenters. The molecule has 5 nitrogen and oxygen atoms in total. The zero-order valence-corrected chi connectivity index (χ0v) is 11.2. The molecule has 94 valence electrons. The van der Waals surface area contributed by atoms with Crippen molar-refractivity contribution in [2.24, 2.45) is 0 Å². The lowest BCUT2D eigenvalue weighted by atomic mass is 10.2. The predicted octanol–water partition coefficient (Wildman–Crippen LogP) is 3.87. The summed E-state index contributed by atoms with van der Waals surface area (Å²) < 4.78 is 6.07.